The van der Waals surface area contributed by atoms with Gasteiger partial charge in [0.25, 0.3) is 0 Å². The molecule has 1 N–H and O–H groups in total. The minimum Gasteiger partial charge on any atom is -0.313 e. The Morgan fingerprint density at radius 1 is 1.21 bits per heavy atom. The summed E-state index contributed by atoms with van der Waals surface area (Å²) in [5.74, 6) is 1.95. The Morgan fingerprint density at radius 2 is 2.00 bits per heavy atom. The van der Waals surface area contributed by atoms with E-state index < -0.39 is 0 Å². The summed E-state index contributed by atoms with van der Waals surface area (Å²) in [5, 5.41) is 3.63. The van der Waals surface area contributed by atoms with Crippen molar-refractivity contribution in [2.45, 2.75) is 83.6 Å². The first-order valence-corrected chi connectivity index (χ1v) is 8.71. The van der Waals surface area contributed by atoms with Gasteiger partial charge in [0.1, 0.15) is 0 Å². The van der Waals surface area contributed by atoms with E-state index in [-0.39, 0.29) is 0 Å². The van der Waals surface area contributed by atoms with Crippen molar-refractivity contribution in [3.63, 3.8) is 0 Å². The van der Waals surface area contributed by atoms with Crippen LogP contribution in [0.15, 0.2) is 11.6 Å². The van der Waals surface area contributed by atoms with Crippen LogP contribution in [0, 0.1) is 11.8 Å². The number of rotatable bonds is 6. The van der Waals surface area contributed by atoms with Gasteiger partial charge in [0.2, 0.25) is 0 Å². The summed E-state index contributed by atoms with van der Waals surface area (Å²) in [4.78, 5) is 0. The van der Waals surface area contributed by atoms with Crippen molar-refractivity contribution in [2.24, 2.45) is 11.8 Å². The van der Waals surface area contributed by atoms with Crippen LogP contribution in [0.1, 0.15) is 77.6 Å². The van der Waals surface area contributed by atoms with Gasteiger partial charge in [0.15, 0.2) is 0 Å². The average molecular weight is 263 g/mol. The average Bonchev–Trinajstić information content (AvgIpc) is 2.48. The van der Waals surface area contributed by atoms with E-state index >= 15 is 0 Å². The van der Waals surface area contributed by atoms with E-state index in [0.717, 1.165) is 11.8 Å². The highest BCUT2D eigenvalue weighted by atomic mass is 14.9. The molecule has 1 heteroatoms. The van der Waals surface area contributed by atoms with Gasteiger partial charge in [-0.2, -0.15) is 0 Å². The van der Waals surface area contributed by atoms with Crippen molar-refractivity contribution in [1.82, 2.24) is 5.32 Å². The van der Waals surface area contributed by atoms with E-state index in [4.69, 9.17) is 0 Å². The molecule has 2 aliphatic carbocycles. The van der Waals surface area contributed by atoms with Crippen molar-refractivity contribution >= 4 is 0 Å². The number of allylic oxidation sites excluding steroid dienone is 1. The lowest BCUT2D eigenvalue weighted by Gasteiger charge is -2.36. The lowest BCUT2D eigenvalue weighted by atomic mass is 9.74. The van der Waals surface area contributed by atoms with Gasteiger partial charge < -0.3 is 5.32 Å². The predicted molar refractivity (Wildman–Crippen MR) is 84.4 cm³/mol. The molecule has 1 nitrogen and oxygen atoms in total. The summed E-state index contributed by atoms with van der Waals surface area (Å²) in [6.07, 6.45) is 18.2. The Labute approximate surface area is 120 Å². The van der Waals surface area contributed by atoms with Crippen LogP contribution in [-0.4, -0.2) is 13.1 Å². The van der Waals surface area contributed by atoms with E-state index in [1.807, 2.05) is 0 Å². The van der Waals surface area contributed by atoms with Crippen molar-refractivity contribution in [3.8, 4) is 0 Å². The van der Waals surface area contributed by atoms with E-state index in [2.05, 4.69) is 25.4 Å². The Morgan fingerprint density at radius 3 is 2.58 bits per heavy atom. The van der Waals surface area contributed by atoms with Crippen LogP contribution >= 0.6 is 0 Å². The fraction of sp³-hybridized carbons (Fsp3) is 0.889. The summed E-state index contributed by atoms with van der Waals surface area (Å²) in [6, 6.07) is 0.687. The number of hydrogen-bond acceptors (Lipinski definition) is 1. The molecule has 2 aliphatic rings. The van der Waals surface area contributed by atoms with Crippen LogP contribution in [-0.2, 0) is 0 Å². The molecule has 0 aliphatic heterocycles. The van der Waals surface area contributed by atoms with Crippen LogP contribution in [0.2, 0.25) is 0 Å². The van der Waals surface area contributed by atoms with E-state index in [0.29, 0.717) is 6.04 Å². The van der Waals surface area contributed by atoms with Crippen LogP contribution in [0.25, 0.3) is 0 Å². The lowest BCUT2D eigenvalue weighted by molar-refractivity contribution is 0.227. The first kappa shape index (κ1) is 15.1. The molecule has 19 heavy (non-hydrogen) atoms. The molecule has 0 bridgehead atoms. The molecular formula is C18H33N. The molecule has 0 radical (unpaired) electrons. The molecule has 0 spiro atoms. The standard InChI is InChI=1S/C18H33N/c1-3-4-8-15-11-13-17(14-12-15)18(19-2)16-9-6-5-7-10-16/h9,15,17-19H,3-8,10-14H2,1-2H3. The summed E-state index contributed by atoms with van der Waals surface area (Å²) in [6.45, 7) is 2.32. The highest BCUT2D eigenvalue weighted by molar-refractivity contribution is 5.15. The maximum atomic E-state index is 3.63. The minimum atomic E-state index is 0.687. The fourth-order valence-corrected chi connectivity index (χ4v) is 4.17. The number of unbranched alkanes of at least 4 members (excludes halogenated alkanes) is 1. The normalized spacial score (nSPS) is 29.9. The van der Waals surface area contributed by atoms with Gasteiger partial charge in [0.05, 0.1) is 0 Å². The second-order valence-electron chi connectivity index (χ2n) is 6.71. The Hall–Kier alpha value is -0.300. The second kappa shape index (κ2) is 8.09. The third kappa shape index (κ3) is 4.34. The van der Waals surface area contributed by atoms with E-state index in [9.17, 15) is 0 Å². The molecule has 0 amide bonds. The summed E-state index contributed by atoms with van der Waals surface area (Å²) in [7, 11) is 2.17. The molecule has 1 saturated carbocycles. The van der Waals surface area contributed by atoms with Crippen molar-refractivity contribution in [3.05, 3.63) is 11.6 Å². The summed E-state index contributed by atoms with van der Waals surface area (Å²) >= 11 is 0. The van der Waals surface area contributed by atoms with Gasteiger partial charge in [-0.25, -0.2) is 0 Å². The monoisotopic (exact) mass is 263 g/mol. The van der Waals surface area contributed by atoms with Gasteiger partial charge in [-0.15, -0.1) is 0 Å². The van der Waals surface area contributed by atoms with Crippen LogP contribution in [0.3, 0.4) is 0 Å². The number of likely N-dealkylation sites (N-methyl/N-ethyl adjacent to an activating group) is 1. The smallest absolute Gasteiger partial charge is 0.0305 e. The zero-order valence-electron chi connectivity index (χ0n) is 13.1. The Kier molecular flexibility index (Phi) is 6.43. The molecule has 0 aromatic rings. The van der Waals surface area contributed by atoms with Crippen LogP contribution < -0.4 is 5.32 Å². The quantitative estimate of drug-likeness (QED) is 0.660. The summed E-state index contributed by atoms with van der Waals surface area (Å²) < 4.78 is 0. The maximum absolute atomic E-state index is 3.63. The summed E-state index contributed by atoms with van der Waals surface area (Å²) in [5.41, 5.74) is 1.73. The highest BCUT2D eigenvalue weighted by Crippen LogP contribution is 2.36. The van der Waals surface area contributed by atoms with Crippen LogP contribution in [0.4, 0.5) is 0 Å². The zero-order valence-corrected chi connectivity index (χ0v) is 13.1. The molecule has 1 atom stereocenters. The van der Waals surface area contributed by atoms with Crippen molar-refractivity contribution in [1.29, 1.82) is 0 Å². The third-order valence-corrected chi connectivity index (χ3v) is 5.37. The zero-order chi connectivity index (χ0) is 13.5. The molecule has 0 saturated heterocycles. The van der Waals surface area contributed by atoms with Crippen molar-refractivity contribution in [2.75, 3.05) is 7.05 Å². The SMILES string of the molecule is CCCCC1CCC(C(NC)C2=CCCCC2)CC1. The maximum Gasteiger partial charge on any atom is 0.0305 e. The highest BCUT2D eigenvalue weighted by Gasteiger charge is 2.28. The molecular weight excluding hydrogens is 230 g/mol. The third-order valence-electron chi connectivity index (χ3n) is 5.37. The Balaban J connectivity index is 1.82. The first-order chi connectivity index (χ1) is 9.35. The van der Waals surface area contributed by atoms with Crippen molar-refractivity contribution < 1.29 is 0 Å². The minimum absolute atomic E-state index is 0.687. The molecule has 0 heterocycles. The van der Waals surface area contributed by atoms with Gasteiger partial charge in [0, 0.05) is 6.04 Å². The van der Waals surface area contributed by atoms with Crippen LogP contribution in [0.5, 0.6) is 0 Å². The number of nitrogens with one attached hydrogen (secondary N) is 1. The molecule has 110 valence electrons. The van der Waals surface area contributed by atoms with Gasteiger partial charge >= 0.3 is 0 Å². The first-order valence-electron chi connectivity index (χ1n) is 8.71. The molecule has 1 unspecified atom stereocenters. The van der Waals surface area contributed by atoms with E-state index in [1.165, 1.54) is 70.6 Å². The Bertz CT molecular complexity index is 273. The van der Waals surface area contributed by atoms with Gasteiger partial charge in [-0.3, -0.25) is 0 Å². The van der Waals surface area contributed by atoms with E-state index in [1.54, 1.807) is 5.57 Å². The largest absolute Gasteiger partial charge is 0.313 e. The fourth-order valence-electron chi connectivity index (χ4n) is 4.17. The predicted octanol–water partition coefficient (Wildman–Crippen LogP) is 5.07. The molecule has 2 rings (SSSR count). The lowest BCUT2D eigenvalue weighted by Crippen LogP contribution is -2.38. The molecule has 0 aromatic heterocycles. The molecule has 0 aromatic carbocycles. The van der Waals surface area contributed by atoms with Gasteiger partial charge in [-0.05, 0) is 57.4 Å². The topological polar surface area (TPSA) is 12.0 Å². The van der Waals surface area contributed by atoms with Gasteiger partial charge in [-0.1, -0.05) is 50.7 Å². The number of hydrogen-bond donors (Lipinski definition) is 1. The second-order valence-corrected chi connectivity index (χ2v) is 6.71. The molecule has 1 fully saturated rings.